The second kappa shape index (κ2) is 14.5. The summed E-state index contributed by atoms with van der Waals surface area (Å²) in [7, 11) is -0.236. The first kappa shape index (κ1) is 24.1. The molecule has 0 amide bonds. The van der Waals surface area contributed by atoms with Crippen molar-refractivity contribution in [3.8, 4) is 0 Å². The van der Waals surface area contributed by atoms with Crippen molar-refractivity contribution in [3.05, 3.63) is 73.3 Å². The highest BCUT2D eigenvalue weighted by atomic mass is 31.1. The van der Waals surface area contributed by atoms with E-state index in [1.54, 1.807) is 0 Å². The zero-order valence-corrected chi connectivity index (χ0v) is 19.5. The first-order valence-electron chi connectivity index (χ1n) is 11.5. The molecule has 1 N–H and O–H groups in total. The van der Waals surface area contributed by atoms with Crippen LogP contribution in [0.2, 0.25) is 0 Å². The van der Waals surface area contributed by atoms with Gasteiger partial charge in [0.1, 0.15) is 0 Å². The molecule has 0 aromatic heterocycles. The molecule has 2 fully saturated rings. The van der Waals surface area contributed by atoms with Gasteiger partial charge in [0.05, 0.1) is 25.9 Å². The molecule has 1 atom stereocenters. The van der Waals surface area contributed by atoms with Gasteiger partial charge in [-0.2, -0.15) is 0 Å². The van der Waals surface area contributed by atoms with Crippen LogP contribution in [0.5, 0.6) is 0 Å². The minimum absolute atomic E-state index is 0.236. The first-order chi connectivity index (χ1) is 15.4. The summed E-state index contributed by atoms with van der Waals surface area (Å²) in [4.78, 5) is 2.53. The van der Waals surface area contributed by atoms with E-state index in [4.69, 9.17) is 9.47 Å². The molecule has 2 heterocycles. The average Bonchev–Trinajstić information content (AvgIpc) is 2.85. The number of rotatable bonds is 8. The quantitative estimate of drug-likeness (QED) is 0.504. The maximum atomic E-state index is 5.43. The molecule has 2 saturated heterocycles. The first-order valence-corrected chi connectivity index (χ1v) is 13.0. The van der Waals surface area contributed by atoms with Crippen molar-refractivity contribution in [3.63, 3.8) is 0 Å². The van der Waals surface area contributed by atoms with Crippen molar-refractivity contribution in [2.24, 2.45) is 0 Å². The van der Waals surface area contributed by atoms with Gasteiger partial charge in [-0.05, 0) is 44.1 Å². The summed E-state index contributed by atoms with van der Waals surface area (Å²) < 4.78 is 10.8. The minimum Gasteiger partial charge on any atom is -0.379 e. The third-order valence-electron chi connectivity index (χ3n) is 5.53. The van der Waals surface area contributed by atoms with Crippen LogP contribution in [-0.2, 0) is 9.47 Å². The highest BCUT2D eigenvalue weighted by molar-refractivity contribution is 7.73. The van der Waals surface area contributed by atoms with E-state index in [1.165, 1.54) is 29.7 Å². The van der Waals surface area contributed by atoms with E-state index in [2.05, 4.69) is 77.5 Å². The van der Waals surface area contributed by atoms with Gasteiger partial charge in [-0.25, -0.2) is 0 Å². The summed E-state index contributed by atoms with van der Waals surface area (Å²) in [5.41, 5.74) is 0. The molecule has 0 saturated carbocycles. The molecular weight excluding hydrogens is 403 g/mol. The number of hydrogen-bond acceptors (Lipinski definition) is 4. The van der Waals surface area contributed by atoms with Gasteiger partial charge in [0.2, 0.25) is 0 Å². The Morgan fingerprint density at radius 3 is 2.16 bits per heavy atom. The number of nitrogens with zero attached hydrogens (tertiary/aromatic N) is 1. The molecule has 2 aliphatic rings. The fraction of sp³-hybridized carbons (Fsp3) is 0.462. The SMILES string of the molecule is C=CCC1CNCCO1.c1ccc(P(CCCN2CCOCC2)c2ccccc2)cc1. The van der Waals surface area contributed by atoms with Crippen LogP contribution in [0.4, 0.5) is 0 Å². The van der Waals surface area contributed by atoms with Gasteiger partial charge in [0.15, 0.2) is 0 Å². The lowest BCUT2D eigenvalue weighted by Crippen LogP contribution is -2.38. The molecule has 2 aliphatic heterocycles. The predicted octanol–water partition coefficient (Wildman–Crippen LogP) is 3.39. The number of morpholine rings is 2. The second-order valence-electron chi connectivity index (χ2n) is 7.85. The predicted molar refractivity (Wildman–Crippen MR) is 133 cm³/mol. The number of nitrogens with one attached hydrogen (secondary N) is 1. The molecule has 4 nitrogen and oxygen atoms in total. The normalized spacial score (nSPS) is 19.5. The smallest absolute Gasteiger partial charge is 0.0734 e. The van der Waals surface area contributed by atoms with Gasteiger partial charge >= 0.3 is 0 Å². The molecule has 0 bridgehead atoms. The molecule has 4 rings (SSSR count). The van der Waals surface area contributed by atoms with Crippen LogP contribution >= 0.6 is 7.92 Å². The average molecular weight is 441 g/mol. The van der Waals surface area contributed by atoms with Crippen LogP contribution in [0.15, 0.2) is 73.3 Å². The Labute approximate surface area is 189 Å². The molecule has 1 unspecified atom stereocenters. The van der Waals surface area contributed by atoms with Crippen LogP contribution in [0.25, 0.3) is 0 Å². The molecule has 31 heavy (non-hydrogen) atoms. The summed E-state index contributed by atoms with van der Waals surface area (Å²) in [5.74, 6) is 0. The summed E-state index contributed by atoms with van der Waals surface area (Å²) in [6, 6.07) is 22.0. The van der Waals surface area contributed by atoms with Crippen LogP contribution in [-0.4, -0.2) is 69.7 Å². The Morgan fingerprint density at radius 2 is 1.61 bits per heavy atom. The maximum Gasteiger partial charge on any atom is 0.0734 e. The van der Waals surface area contributed by atoms with Crippen molar-refractivity contribution in [1.29, 1.82) is 0 Å². The standard InChI is InChI=1S/C19H24NOP.C7H13NO/c1-3-8-18(9-4-1)22(19-10-5-2-6-11-19)17-7-12-20-13-15-21-16-14-20;1-2-3-7-6-8-4-5-9-7/h1-6,8-11H,7,12-17H2;2,7-8H,1,3-6H2. The van der Waals surface area contributed by atoms with E-state index in [0.29, 0.717) is 6.10 Å². The Kier molecular flexibility index (Phi) is 11.3. The highest BCUT2D eigenvalue weighted by Gasteiger charge is 2.15. The van der Waals surface area contributed by atoms with Crippen molar-refractivity contribution >= 4 is 18.5 Å². The van der Waals surface area contributed by atoms with Crippen molar-refractivity contribution in [2.45, 2.75) is 18.9 Å². The van der Waals surface area contributed by atoms with Gasteiger partial charge in [-0.1, -0.05) is 66.7 Å². The van der Waals surface area contributed by atoms with Gasteiger partial charge in [-0.15, -0.1) is 6.58 Å². The Hall–Kier alpha value is -1.55. The van der Waals surface area contributed by atoms with Gasteiger partial charge in [0, 0.05) is 26.2 Å². The lowest BCUT2D eigenvalue weighted by atomic mass is 10.2. The van der Waals surface area contributed by atoms with Gasteiger partial charge in [-0.3, -0.25) is 4.90 Å². The topological polar surface area (TPSA) is 33.7 Å². The molecule has 0 spiro atoms. The van der Waals surface area contributed by atoms with E-state index in [0.717, 1.165) is 52.4 Å². The van der Waals surface area contributed by atoms with Crippen molar-refractivity contribution in [1.82, 2.24) is 10.2 Å². The zero-order valence-electron chi connectivity index (χ0n) is 18.6. The Bertz CT molecular complexity index is 677. The van der Waals surface area contributed by atoms with Crippen LogP contribution in [0.3, 0.4) is 0 Å². The lowest BCUT2D eigenvalue weighted by Gasteiger charge is -2.27. The molecule has 0 radical (unpaired) electrons. The Morgan fingerprint density at radius 1 is 0.968 bits per heavy atom. The minimum atomic E-state index is -0.236. The number of ether oxygens (including phenoxy) is 2. The second-order valence-corrected chi connectivity index (χ2v) is 10.2. The molecule has 2 aromatic carbocycles. The van der Waals surface area contributed by atoms with Crippen LogP contribution < -0.4 is 15.9 Å². The van der Waals surface area contributed by atoms with E-state index >= 15 is 0 Å². The molecular formula is C26H37N2O2P. The van der Waals surface area contributed by atoms with E-state index in [-0.39, 0.29) is 7.92 Å². The molecule has 5 heteroatoms. The lowest BCUT2D eigenvalue weighted by molar-refractivity contribution is 0.0309. The van der Waals surface area contributed by atoms with Crippen LogP contribution in [0.1, 0.15) is 12.8 Å². The van der Waals surface area contributed by atoms with E-state index in [1.807, 2.05) is 6.08 Å². The summed E-state index contributed by atoms with van der Waals surface area (Å²) in [5, 5.41) is 6.23. The molecule has 2 aromatic rings. The van der Waals surface area contributed by atoms with Crippen molar-refractivity contribution < 1.29 is 9.47 Å². The van der Waals surface area contributed by atoms with E-state index in [9.17, 15) is 0 Å². The third kappa shape index (κ3) is 8.84. The maximum absolute atomic E-state index is 5.43. The highest BCUT2D eigenvalue weighted by Crippen LogP contribution is 2.34. The zero-order chi connectivity index (χ0) is 21.6. The summed E-state index contributed by atoms with van der Waals surface area (Å²) in [6.07, 6.45) is 5.76. The van der Waals surface area contributed by atoms with E-state index < -0.39 is 0 Å². The van der Waals surface area contributed by atoms with Crippen LogP contribution in [0, 0.1) is 0 Å². The number of hydrogen-bond donors (Lipinski definition) is 1. The summed E-state index contributed by atoms with van der Waals surface area (Å²) >= 11 is 0. The Balaban J connectivity index is 0.000000254. The third-order valence-corrected chi connectivity index (χ3v) is 8.14. The fourth-order valence-corrected chi connectivity index (χ4v) is 6.19. The van der Waals surface area contributed by atoms with Crippen molar-refractivity contribution in [2.75, 3.05) is 58.7 Å². The van der Waals surface area contributed by atoms with Gasteiger partial charge in [0.25, 0.3) is 0 Å². The monoisotopic (exact) mass is 440 g/mol. The van der Waals surface area contributed by atoms with Gasteiger partial charge < -0.3 is 14.8 Å². The summed E-state index contributed by atoms with van der Waals surface area (Å²) in [6.45, 7) is 11.6. The number of benzene rings is 2. The fourth-order valence-electron chi connectivity index (χ4n) is 3.86. The largest absolute Gasteiger partial charge is 0.379 e. The molecule has 168 valence electrons. The molecule has 0 aliphatic carbocycles.